The highest BCUT2D eigenvalue weighted by Crippen LogP contribution is 1.87. The second-order valence-corrected chi connectivity index (χ2v) is 1.94. The molecular formula is C4H11N3. The van der Waals surface area contributed by atoms with Crippen LogP contribution in [-0.2, 0) is 0 Å². The summed E-state index contributed by atoms with van der Waals surface area (Å²) in [4.78, 5) is 0. The number of hydrogen-bond donors (Lipinski definition) is 1. The molecule has 0 aromatic heterocycles. The lowest BCUT2D eigenvalue weighted by atomic mass is 10.6. The molecule has 0 spiro atoms. The number of nitrogens with one attached hydrogen (secondary N) is 1. The third-order valence-electron chi connectivity index (χ3n) is 1.11. The summed E-state index contributed by atoms with van der Waals surface area (Å²) in [6, 6.07) is 0. The Labute approximate surface area is 43.8 Å². The first kappa shape index (κ1) is 5.03. The average Bonchev–Trinajstić information content (AvgIpc) is 1.87. The Morgan fingerprint density at radius 3 is 1.71 bits per heavy atom. The second kappa shape index (κ2) is 1.78. The fourth-order valence-electron chi connectivity index (χ4n) is 0.691. The smallest absolute Gasteiger partial charge is 0.0283 e. The molecule has 1 heterocycles. The highest BCUT2D eigenvalue weighted by atomic mass is 15.8. The van der Waals surface area contributed by atoms with E-state index in [1.807, 2.05) is 14.1 Å². The molecule has 7 heavy (non-hydrogen) atoms. The molecule has 1 rings (SSSR count). The zero-order valence-corrected chi connectivity index (χ0v) is 4.81. The molecule has 42 valence electrons. The van der Waals surface area contributed by atoms with Gasteiger partial charge in [0, 0.05) is 27.2 Å². The number of likely N-dealkylation sites (N-methyl/N-ethyl adjacent to an activating group) is 2. The Morgan fingerprint density at radius 1 is 1.14 bits per heavy atom. The van der Waals surface area contributed by atoms with Crippen LogP contribution in [0, 0.1) is 0 Å². The van der Waals surface area contributed by atoms with Crippen LogP contribution in [0.4, 0.5) is 0 Å². The predicted octanol–water partition coefficient (Wildman–Crippen LogP) is -0.717. The van der Waals surface area contributed by atoms with Crippen molar-refractivity contribution in [1.82, 2.24) is 15.6 Å². The Kier molecular flexibility index (Phi) is 1.27. The van der Waals surface area contributed by atoms with Gasteiger partial charge < -0.3 is 0 Å². The van der Waals surface area contributed by atoms with E-state index in [0.717, 1.165) is 13.1 Å². The van der Waals surface area contributed by atoms with Crippen molar-refractivity contribution in [3.05, 3.63) is 0 Å². The summed E-state index contributed by atoms with van der Waals surface area (Å²) in [5, 5.41) is 4.11. The van der Waals surface area contributed by atoms with Crippen molar-refractivity contribution in [2.24, 2.45) is 0 Å². The van der Waals surface area contributed by atoms with Crippen molar-refractivity contribution in [2.45, 2.75) is 0 Å². The van der Waals surface area contributed by atoms with Crippen LogP contribution in [0.2, 0.25) is 0 Å². The van der Waals surface area contributed by atoms with E-state index in [0.29, 0.717) is 0 Å². The molecule has 0 aromatic carbocycles. The van der Waals surface area contributed by atoms with Gasteiger partial charge in [0.15, 0.2) is 0 Å². The Morgan fingerprint density at radius 2 is 1.57 bits per heavy atom. The van der Waals surface area contributed by atoms with Crippen LogP contribution in [-0.4, -0.2) is 37.2 Å². The molecule has 1 aliphatic heterocycles. The first-order valence-corrected chi connectivity index (χ1v) is 2.47. The van der Waals surface area contributed by atoms with Crippen LogP contribution in [0.3, 0.4) is 0 Å². The lowest BCUT2D eigenvalue weighted by Gasteiger charge is -2.09. The number of hydrogen-bond acceptors (Lipinski definition) is 3. The SMILES string of the molecule is CN1CCN(C)N1. The monoisotopic (exact) mass is 101 g/mol. The highest BCUT2D eigenvalue weighted by Gasteiger charge is 2.08. The standard InChI is InChI=1S/C4H11N3/c1-6-3-4-7(2)5-6/h5H,3-4H2,1-2H3. The predicted molar refractivity (Wildman–Crippen MR) is 28.4 cm³/mol. The molecule has 1 saturated heterocycles. The van der Waals surface area contributed by atoms with Crippen LogP contribution in [0.1, 0.15) is 0 Å². The molecule has 0 amide bonds. The van der Waals surface area contributed by atoms with Gasteiger partial charge in [0.05, 0.1) is 0 Å². The van der Waals surface area contributed by atoms with Crippen molar-refractivity contribution >= 4 is 0 Å². The van der Waals surface area contributed by atoms with Crippen LogP contribution < -0.4 is 5.53 Å². The van der Waals surface area contributed by atoms with Gasteiger partial charge in [-0.2, -0.15) is 5.53 Å². The molecule has 0 aliphatic carbocycles. The third kappa shape index (κ3) is 1.12. The van der Waals surface area contributed by atoms with Gasteiger partial charge in [-0.15, -0.1) is 0 Å². The van der Waals surface area contributed by atoms with E-state index in [-0.39, 0.29) is 0 Å². The maximum atomic E-state index is 3.08. The van der Waals surface area contributed by atoms with Crippen molar-refractivity contribution in [3.8, 4) is 0 Å². The lowest BCUT2D eigenvalue weighted by molar-refractivity contribution is 0.173. The Hall–Kier alpha value is -0.120. The van der Waals surface area contributed by atoms with Crippen molar-refractivity contribution in [3.63, 3.8) is 0 Å². The quantitative estimate of drug-likeness (QED) is 0.434. The normalized spacial score (nSPS) is 26.6. The number of rotatable bonds is 0. The zero-order valence-electron chi connectivity index (χ0n) is 4.81. The van der Waals surface area contributed by atoms with Gasteiger partial charge in [-0.05, 0) is 0 Å². The Bertz CT molecular complexity index is 56.0. The summed E-state index contributed by atoms with van der Waals surface area (Å²) in [7, 11) is 4.06. The average molecular weight is 101 g/mol. The van der Waals surface area contributed by atoms with E-state index < -0.39 is 0 Å². The molecule has 3 heteroatoms. The fourth-order valence-corrected chi connectivity index (χ4v) is 0.691. The highest BCUT2D eigenvalue weighted by molar-refractivity contribution is 4.54. The van der Waals surface area contributed by atoms with Gasteiger partial charge in [-0.25, -0.2) is 10.0 Å². The molecule has 0 unspecified atom stereocenters. The van der Waals surface area contributed by atoms with Gasteiger partial charge in [0.1, 0.15) is 0 Å². The van der Waals surface area contributed by atoms with Crippen LogP contribution >= 0.6 is 0 Å². The van der Waals surface area contributed by atoms with Crippen LogP contribution in [0.25, 0.3) is 0 Å². The molecule has 1 N–H and O–H groups in total. The summed E-state index contributed by atoms with van der Waals surface area (Å²) in [5.41, 5.74) is 3.08. The molecule has 0 atom stereocenters. The van der Waals surface area contributed by atoms with Gasteiger partial charge in [0.2, 0.25) is 0 Å². The van der Waals surface area contributed by atoms with Gasteiger partial charge in [0.25, 0.3) is 0 Å². The minimum atomic E-state index is 1.12. The first-order valence-electron chi connectivity index (χ1n) is 2.47. The molecular weight excluding hydrogens is 90.1 g/mol. The third-order valence-corrected chi connectivity index (χ3v) is 1.11. The summed E-state index contributed by atoms with van der Waals surface area (Å²) in [6.07, 6.45) is 0. The minimum Gasteiger partial charge on any atom is -0.232 e. The van der Waals surface area contributed by atoms with E-state index in [1.165, 1.54) is 0 Å². The Balaban J connectivity index is 2.26. The van der Waals surface area contributed by atoms with Crippen molar-refractivity contribution in [1.29, 1.82) is 0 Å². The maximum Gasteiger partial charge on any atom is 0.0283 e. The number of hydrazine groups is 2. The minimum absolute atomic E-state index is 1.12. The topological polar surface area (TPSA) is 18.5 Å². The van der Waals surface area contributed by atoms with Crippen molar-refractivity contribution < 1.29 is 0 Å². The van der Waals surface area contributed by atoms with E-state index in [1.54, 1.807) is 0 Å². The number of nitrogens with zero attached hydrogens (tertiary/aromatic N) is 2. The summed E-state index contributed by atoms with van der Waals surface area (Å²) < 4.78 is 0. The molecule has 0 saturated carbocycles. The van der Waals surface area contributed by atoms with Crippen molar-refractivity contribution in [2.75, 3.05) is 27.2 Å². The molecule has 1 aliphatic rings. The fraction of sp³-hybridized carbons (Fsp3) is 1.00. The van der Waals surface area contributed by atoms with E-state index in [2.05, 4.69) is 15.6 Å². The summed E-state index contributed by atoms with van der Waals surface area (Å²) in [6.45, 7) is 2.24. The molecule has 0 radical (unpaired) electrons. The summed E-state index contributed by atoms with van der Waals surface area (Å²) in [5.74, 6) is 0. The molecule has 0 aromatic rings. The van der Waals surface area contributed by atoms with E-state index in [9.17, 15) is 0 Å². The van der Waals surface area contributed by atoms with E-state index >= 15 is 0 Å². The molecule has 3 nitrogen and oxygen atoms in total. The van der Waals surface area contributed by atoms with Crippen LogP contribution in [0.15, 0.2) is 0 Å². The maximum absolute atomic E-state index is 3.08. The second-order valence-electron chi connectivity index (χ2n) is 1.94. The molecule has 0 bridgehead atoms. The zero-order chi connectivity index (χ0) is 5.28. The van der Waals surface area contributed by atoms with Gasteiger partial charge >= 0.3 is 0 Å². The van der Waals surface area contributed by atoms with Crippen LogP contribution in [0.5, 0.6) is 0 Å². The first-order chi connectivity index (χ1) is 3.29. The molecule has 1 fully saturated rings. The lowest BCUT2D eigenvalue weighted by Crippen LogP contribution is -2.34. The van der Waals surface area contributed by atoms with E-state index in [4.69, 9.17) is 0 Å². The largest absolute Gasteiger partial charge is 0.232 e. The van der Waals surface area contributed by atoms with Gasteiger partial charge in [-0.3, -0.25) is 0 Å². The van der Waals surface area contributed by atoms with Gasteiger partial charge in [-0.1, -0.05) is 0 Å². The summed E-state index contributed by atoms with van der Waals surface area (Å²) >= 11 is 0.